The molecule has 4 aromatic rings. The molecule has 10 heteroatoms. The summed E-state index contributed by atoms with van der Waals surface area (Å²) in [6.07, 6.45) is 2.42. The van der Waals surface area contributed by atoms with Gasteiger partial charge in [-0.25, -0.2) is 4.98 Å². The van der Waals surface area contributed by atoms with Crippen LogP contribution in [0.2, 0.25) is 5.02 Å². The van der Waals surface area contributed by atoms with Crippen molar-refractivity contribution in [3.05, 3.63) is 83.0 Å². The number of aryl methyl sites for hydroxylation is 1. The van der Waals surface area contributed by atoms with Crippen molar-refractivity contribution in [3.8, 4) is 17.0 Å². The first-order valence-corrected chi connectivity index (χ1v) is 13.6. The molecule has 0 aliphatic carbocycles. The topological polar surface area (TPSA) is 81.9 Å². The number of thiazole rings is 1. The minimum absolute atomic E-state index is 0.166. The number of anilines is 1. The number of halogens is 1. The van der Waals surface area contributed by atoms with E-state index in [1.165, 1.54) is 28.7 Å². The van der Waals surface area contributed by atoms with Gasteiger partial charge in [0.15, 0.2) is 22.2 Å². The lowest BCUT2D eigenvalue weighted by Gasteiger charge is -2.16. The molecule has 1 N–H and O–H groups in total. The zero-order valence-corrected chi connectivity index (χ0v) is 22.4. The van der Waals surface area contributed by atoms with E-state index in [1.54, 1.807) is 6.08 Å². The van der Waals surface area contributed by atoms with Gasteiger partial charge in [-0.3, -0.25) is 9.36 Å². The van der Waals surface area contributed by atoms with Crippen molar-refractivity contribution < 1.29 is 9.53 Å². The smallest absolute Gasteiger partial charge is 0.236 e. The van der Waals surface area contributed by atoms with Crippen molar-refractivity contribution in [1.29, 1.82) is 0 Å². The highest BCUT2D eigenvalue weighted by atomic mass is 35.5. The summed E-state index contributed by atoms with van der Waals surface area (Å²) in [6, 6.07) is 15.4. The van der Waals surface area contributed by atoms with Crippen molar-refractivity contribution in [2.45, 2.75) is 38.1 Å². The molecule has 2 aromatic heterocycles. The van der Waals surface area contributed by atoms with Crippen molar-refractivity contribution in [3.63, 3.8) is 0 Å². The molecule has 186 valence electrons. The van der Waals surface area contributed by atoms with Crippen LogP contribution in [-0.4, -0.2) is 31.4 Å². The molecule has 1 atom stereocenters. The standard InChI is InChI=1S/C26H26ClN5O2S2/c1-4-14-32-24(17(3)34-21-12-6-18(5-2)7-13-21)30-31-26(32)36-16-23(33)29-25-28-22(15-35-25)19-8-10-20(27)11-9-19/h4,6-13,15,17H,1,5,14,16H2,2-3H3,(H,28,29,33). The third-order valence-corrected chi connectivity index (χ3v) is 7.26. The fourth-order valence-corrected chi connectivity index (χ4v) is 5.06. The lowest BCUT2D eigenvalue weighted by molar-refractivity contribution is -0.113. The molecule has 0 spiro atoms. The van der Waals surface area contributed by atoms with Crippen LogP contribution in [0.25, 0.3) is 11.3 Å². The summed E-state index contributed by atoms with van der Waals surface area (Å²) >= 11 is 8.63. The number of nitrogens with one attached hydrogen (secondary N) is 1. The van der Waals surface area contributed by atoms with Crippen LogP contribution in [0.1, 0.15) is 31.3 Å². The molecule has 36 heavy (non-hydrogen) atoms. The van der Waals surface area contributed by atoms with Crippen LogP contribution in [0, 0.1) is 0 Å². The van der Waals surface area contributed by atoms with Gasteiger partial charge in [0.25, 0.3) is 0 Å². The summed E-state index contributed by atoms with van der Waals surface area (Å²) in [5.74, 6) is 1.43. The highest BCUT2D eigenvalue weighted by Crippen LogP contribution is 2.27. The fourth-order valence-electron chi connectivity index (χ4n) is 3.44. The molecule has 1 amide bonds. The van der Waals surface area contributed by atoms with Crippen molar-refractivity contribution in [2.75, 3.05) is 11.1 Å². The average Bonchev–Trinajstić information content (AvgIpc) is 3.51. The molecule has 0 bridgehead atoms. The highest BCUT2D eigenvalue weighted by Gasteiger charge is 2.20. The fraction of sp³-hybridized carbons (Fsp3) is 0.231. The summed E-state index contributed by atoms with van der Waals surface area (Å²) in [5.41, 5.74) is 2.97. The van der Waals surface area contributed by atoms with Crippen LogP contribution in [0.3, 0.4) is 0 Å². The number of allylic oxidation sites excluding steroid dienone is 1. The normalized spacial score (nSPS) is 11.8. The predicted octanol–water partition coefficient (Wildman–Crippen LogP) is 6.67. The molecule has 0 aliphatic heterocycles. The predicted molar refractivity (Wildman–Crippen MR) is 147 cm³/mol. The molecule has 7 nitrogen and oxygen atoms in total. The van der Waals surface area contributed by atoms with Crippen LogP contribution in [-0.2, 0) is 17.8 Å². The Bertz CT molecular complexity index is 1320. The first-order chi connectivity index (χ1) is 17.5. The number of rotatable bonds is 11. The van der Waals surface area contributed by atoms with Gasteiger partial charge in [-0.1, -0.05) is 60.6 Å². The van der Waals surface area contributed by atoms with E-state index in [-0.39, 0.29) is 17.8 Å². The Labute approximate surface area is 223 Å². The van der Waals surface area contributed by atoms with Crippen molar-refractivity contribution in [2.24, 2.45) is 0 Å². The van der Waals surface area contributed by atoms with E-state index in [4.69, 9.17) is 16.3 Å². The van der Waals surface area contributed by atoms with E-state index in [9.17, 15) is 4.79 Å². The number of ether oxygens (including phenoxy) is 1. The number of hydrogen-bond acceptors (Lipinski definition) is 7. The molecule has 0 saturated carbocycles. The molecule has 1 unspecified atom stereocenters. The number of aromatic nitrogens is 4. The summed E-state index contributed by atoms with van der Waals surface area (Å²) in [6.45, 7) is 8.40. The van der Waals surface area contributed by atoms with Gasteiger partial charge in [0.05, 0.1) is 11.4 Å². The second-order valence-electron chi connectivity index (χ2n) is 7.88. The van der Waals surface area contributed by atoms with Crippen LogP contribution < -0.4 is 10.1 Å². The van der Waals surface area contributed by atoms with E-state index in [2.05, 4.69) is 46.1 Å². The molecule has 4 rings (SSSR count). The Balaban J connectivity index is 1.37. The van der Waals surface area contributed by atoms with Crippen LogP contribution in [0.4, 0.5) is 5.13 Å². The largest absolute Gasteiger partial charge is 0.483 e. The Morgan fingerprint density at radius 2 is 1.97 bits per heavy atom. The third kappa shape index (κ3) is 6.54. The zero-order chi connectivity index (χ0) is 25.5. The maximum atomic E-state index is 12.6. The van der Waals surface area contributed by atoms with Gasteiger partial charge >= 0.3 is 0 Å². The molecule has 0 fully saturated rings. The van der Waals surface area contributed by atoms with Gasteiger partial charge < -0.3 is 10.1 Å². The van der Waals surface area contributed by atoms with Crippen LogP contribution >= 0.6 is 34.7 Å². The SMILES string of the molecule is C=CCn1c(SCC(=O)Nc2nc(-c3ccc(Cl)cc3)cs2)nnc1C(C)Oc1ccc(CC)cc1. The first-order valence-electron chi connectivity index (χ1n) is 11.4. The molecular formula is C26H26ClN5O2S2. The maximum Gasteiger partial charge on any atom is 0.236 e. The minimum atomic E-state index is -0.324. The third-order valence-electron chi connectivity index (χ3n) is 5.29. The number of amides is 1. The molecule has 0 radical (unpaired) electrons. The van der Waals surface area contributed by atoms with Gasteiger partial charge in [-0.2, -0.15) is 0 Å². The lowest BCUT2D eigenvalue weighted by atomic mass is 10.2. The lowest BCUT2D eigenvalue weighted by Crippen LogP contribution is -2.15. The Morgan fingerprint density at radius 1 is 1.22 bits per heavy atom. The van der Waals surface area contributed by atoms with Gasteiger partial charge in [0.2, 0.25) is 5.91 Å². The summed E-state index contributed by atoms with van der Waals surface area (Å²) in [5, 5.41) is 15.2. The molecule has 0 saturated heterocycles. The number of carbonyl (C=O) groups excluding carboxylic acids is 1. The quantitative estimate of drug-likeness (QED) is 0.169. The van der Waals surface area contributed by atoms with Crippen LogP contribution in [0.5, 0.6) is 5.75 Å². The van der Waals surface area contributed by atoms with Gasteiger partial charge in [0.1, 0.15) is 5.75 Å². The maximum absolute atomic E-state index is 12.6. The molecule has 2 aromatic carbocycles. The highest BCUT2D eigenvalue weighted by molar-refractivity contribution is 7.99. The van der Waals surface area contributed by atoms with Crippen molar-refractivity contribution >= 4 is 45.7 Å². The second-order valence-corrected chi connectivity index (χ2v) is 10.1. The van der Waals surface area contributed by atoms with Crippen molar-refractivity contribution in [1.82, 2.24) is 19.7 Å². The zero-order valence-electron chi connectivity index (χ0n) is 20.0. The van der Waals surface area contributed by atoms with E-state index in [0.29, 0.717) is 27.7 Å². The first kappa shape index (κ1) is 25.9. The Morgan fingerprint density at radius 3 is 2.67 bits per heavy atom. The van der Waals surface area contributed by atoms with E-state index in [1.807, 2.05) is 53.3 Å². The van der Waals surface area contributed by atoms with Gasteiger partial charge in [-0.05, 0) is 43.2 Å². The second kappa shape index (κ2) is 12.2. The Hall–Kier alpha value is -3.14. The van der Waals surface area contributed by atoms with E-state index in [0.717, 1.165) is 23.4 Å². The van der Waals surface area contributed by atoms with Crippen LogP contribution in [0.15, 0.2) is 71.7 Å². The molecular weight excluding hydrogens is 514 g/mol. The monoisotopic (exact) mass is 539 g/mol. The number of nitrogens with zero attached hydrogens (tertiary/aromatic N) is 4. The summed E-state index contributed by atoms with van der Waals surface area (Å²) in [7, 11) is 0. The number of hydrogen-bond donors (Lipinski definition) is 1. The van der Waals surface area contributed by atoms with E-state index < -0.39 is 0 Å². The average molecular weight is 540 g/mol. The minimum Gasteiger partial charge on any atom is -0.483 e. The number of carbonyl (C=O) groups is 1. The summed E-state index contributed by atoms with van der Waals surface area (Å²) < 4.78 is 8.00. The van der Waals surface area contributed by atoms with Gasteiger partial charge in [0, 0.05) is 22.5 Å². The Kier molecular flexibility index (Phi) is 8.79. The number of benzene rings is 2. The van der Waals surface area contributed by atoms with E-state index >= 15 is 0 Å². The molecule has 2 heterocycles. The molecule has 0 aliphatic rings. The van der Waals surface area contributed by atoms with Gasteiger partial charge in [-0.15, -0.1) is 28.1 Å². The number of thioether (sulfide) groups is 1. The summed E-state index contributed by atoms with van der Waals surface area (Å²) in [4.78, 5) is 17.1.